The molecule has 0 aromatic heterocycles. The molecule has 0 aliphatic carbocycles. The van der Waals surface area contributed by atoms with Gasteiger partial charge in [0.25, 0.3) is 0 Å². The van der Waals surface area contributed by atoms with Crippen LogP contribution in [0.4, 0.5) is 5.69 Å². The van der Waals surface area contributed by atoms with Crippen molar-refractivity contribution in [1.82, 2.24) is 0 Å². The molecule has 0 saturated carbocycles. The number of hydrogen-bond donors (Lipinski definition) is 1. The molecule has 0 radical (unpaired) electrons. The Balaban J connectivity index is 1.94. The molecule has 1 fully saturated rings. The van der Waals surface area contributed by atoms with E-state index in [1.165, 1.54) is 5.69 Å². The first-order valence-electron chi connectivity index (χ1n) is 6.83. The summed E-state index contributed by atoms with van der Waals surface area (Å²) in [6.07, 6.45) is 2.62. The van der Waals surface area contributed by atoms with Gasteiger partial charge < -0.3 is 10.0 Å². The second-order valence-corrected chi connectivity index (χ2v) is 6.18. The van der Waals surface area contributed by atoms with Crippen molar-refractivity contribution in [2.45, 2.75) is 26.2 Å². The maximum absolute atomic E-state index is 11.1. The van der Waals surface area contributed by atoms with Gasteiger partial charge in [-0.3, -0.25) is 4.79 Å². The van der Waals surface area contributed by atoms with E-state index in [9.17, 15) is 4.79 Å². The predicted octanol–water partition coefficient (Wildman–Crippen LogP) is 3.78. The van der Waals surface area contributed by atoms with E-state index in [-0.39, 0.29) is 5.92 Å². The van der Waals surface area contributed by atoms with Crippen LogP contribution in [-0.2, 0) is 4.79 Å². The largest absolute Gasteiger partial charge is 0.481 e. The third-order valence-corrected chi connectivity index (χ3v) is 4.41. The highest BCUT2D eigenvalue weighted by Gasteiger charge is 2.27. The van der Waals surface area contributed by atoms with Crippen LogP contribution in [0.5, 0.6) is 0 Å². The maximum atomic E-state index is 11.1. The van der Waals surface area contributed by atoms with Gasteiger partial charge in [-0.05, 0) is 43.4 Å². The molecule has 1 aliphatic heterocycles. The fourth-order valence-corrected chi connectivity index (χ4v) is 3.16. The molecule has 4 heteroatoms. The molecule has 1 N–H and O–H groups in total. The Hall–Kier alpha value is -1.03. The number of aliphatic carboxylic acids is 1. The van der Waals surface area contributed by atoms with E-state index in [4.69, 9.17) is 5.11 Å². The molecular weight excluding hydrogens is 306 g/mol. The van der Waals surface area contributed by atoms with E-state index in [2.05, 4.69) is 33.0 Å². The Kier molecular flexibility index (Phi) is 4.86. The van der Waals surface area contributed by atoms with E-state index in [0.717, 1.165) is 36.8 Å². The third kappa shape index (κ3) is 3.72. The molecule has 2 atom stereocenters. The van der Waals surface area contributed by atoms with Crippen molar-refractivity contribution in [3.63, 3.8) is 0 Å². The minimum atomic E-state index is -0.650. The van der Waals surface area contributed by atoms with Gasteiger partial charge in [-0.25, -0.2) is 0 Å². The lowest BCUT2D eigenvalue weighted by Gasteiger charge is -2.20. The van der Waals surface area contributed by atoms with Crippen molar-refractivity contribution in [2.24, 2.45) is 11.8 Å². The average Bonchev–Trinajstić information content (AvgIpc) is 2.84. The van der Waals surface area contributed by atoms with E-state index in [1.807, 2.05) is 19.1 Å². The molecule has 2 unspecified atom stereocenters. The van der Waals surface area contributed by atoms with Gasteiger partial charge in [-0.1, -0.05) is 28.9 Å². The summed E-state index contributed by atoms with van der Waals surface area (Å²) in [6.45, 7) is 3.96. The van der Waals surface area contributed by atoms with Crippen molar-refractivity contribution in [1.29, 1.82) is 0 Å². The Morgan fingerprint density at radius 1 is 1.58 bits per heavy atom. The quantitative estimate of drug-likeness (QED) is 0.895. The molecule has 104 valence electrons. The summed E-state index contributed by atoms with van der Waals surface area (Å²) in [6, 6.07) is 8.30. The van der Waals surface area contributed by atoms with Gasteiger partial charge in [-0.15, -0.1) is 0 Å². The van der Waals surface area contributed by atoms with E-state index >= 15 is 0 Å². The number of carboxylic acid groups (broad SMARTS) is 1. The van der Waals surface area contributed by atoms with Gasteiger partial charge in [0.2, 0.25) is 0 Å². The lowest BCUT2D eigenvalue weighted by atomic mass is 9.92. The second kappa shape index (κ2) is 6.42. The predicted molar refractivity (Wildman–Crippen MR) is 80.5 cm³/mol. The van der Waals surface area contributed by atoms with Crippen LogP contribution >= 0.6 is 15.9 Å². The minimum Gasteiger partial charge on any atom is -0.481 e. The molecule has 0 spiro atoms. The number of carboxylic acids is 1. The van der Waals surface area contributed by atoms with Crippen molar-refractivity contribution < 1.29 is 9.90 Å². The summed E-state index contributed by atoms with van der Waals surface area (Å²) in [7, 11) is 0. The second-order valence-electron chi connectivity index (χ2n) is 5.26. The standard InChI is InChI=1S/C15H20BrNO2/c1-2-12(15(18)19)8-11-6-7-17(10-11)14-5-3-4-13(16)9-14/h3-5,9,11-12H,2,6-8,10H2,1H3,(H,18,19). The van der Waals surface area contributed by atoms with E-state index in [1.54, 1.807) is 0 Å². The first-order chi connectivity index (χ1) is 9.10. The van der Waals surface area contributed by atoms with Crippen molar-refractivity contribution in [3.05, 3.63) is 28.7 Å². The fraction of sp³-hybridized carbons (Fsp3) is 0.533. The molecular formula is C15H20BrNO2. The summed E-state index contributed by atoms with van der Waals surface area (Å²) in [5.74, 6) is -0.337. The Labute approximate surface area is 122 Å². The van der Waals surface area contributed by atoms with Gasteiger partial charge in [0.05, 0.1) is 5.92 Å². The minimum absolute atomic E-state index is 0.188. The summed E-state index contributed by atoms with van der Waals surface area (Å²) in [5.41, 5.74) is 1.22. The van der Waals surface area contributed by atoms with Crippen LogP contribution in [0, 0.1) is 11.8 Å². The SMILES string of the molecule is CCC(CC1CCN(c2cccc(Br)c2)C1)C(=O)O. The molecule has 1 aliphatic rings. The number of anilines is 1. The number of halogens is 1. The molecule has 2 rings (SSSR count). The monoisotopic (exact) mass is 325 g/mol. The maximum Gasteiger partial charge on any atom is 0.306 e. The summed E-state index contributed by atoms with van der Waals surface area (Å²) in [4.78, 5) is 13.4. The van der Waals surface area contributed by atoms with Crippen LogP contribution < -0.4 is 4.90 Å². The first-order valence-corrected chi connectivity index (χ1v) is 7.62. The Morgan fingerprint density at radius 2 is 2.37 bits per heavy atom. The van der Waals surface area contributed by atoms with Gasteiger partial charge in [-0.2, -0.15) is 0 Å². The van der Waals surface area contributed by atoms with Crippen LogP contribution in [0.1, 0.15) is 26.2 Å². The van der Waals surface area contributed by atoms with Crippen LogP contribution in [0.2, 0.25) is 0 Å². The lowest BCUT2D eigenvalue weighted by molar-refractivity contribution is -0.142. The normalized spacial score (nSPS) is 20.5. The number of nitrogens with zero attached hydrogens (tertiary/aromatic N) is 1. The highest BCUT2D eigenvalue weighted by atomic mass is 79.9. The van der Waals surface area contributed by atoms with Gasteiger partial charge in [0, 0.05) is 23.2 Å². The first kappa shape index (κ1) is 14.4. The zero-order valence-electron chi connectivity index (χ0n) is 11.2. The zero-order chi connectivity index (χ0) is 13.8. The molecule has 1 aromatic carbocycles. The Morgan fingerprint density at radius 3 is 3.00 bits per heavy atom. The molecule has 1 heterocycles. The smallest absolute Gasteiger partial charge is 0.306 e. The van der Waals surface area contributed by atoms with E-state index < -0.39 is 5.97 Å². The van der Waals surface area contributed by atoms with Crippen molar-refractivity contribution in [3.8, 4) is 0 Å². The third-order valence-electron chi connectivity index (χ3n) is 3.92. The molecule has 3 nitrogen and oxygen atoms in total. The summed E-state index contributed by atoms with van der Waals surface area (Å²) < 4.78 is 1.09. The van der Waals surface area contributed by atoms with Crippen LogP contribution in [0.25, 0.3) is 0 Å². The lowest BCUT2D eigenvalue weighted by Crippen LogP contribution is -2.22. The Bertz CT molecular complexity index is 450. The van der Waals surface area contributed by atoms with Gasteiger partial charge in [0.1, 0.15) is 0 Å². The molecule has 1 aromatic rings. The average molecular weight is 326 g/mol. The molecule has 1 saturated heterocycles. The van der Waals surface area contributed by atoms with Gasteiger partial charge >= 0.3 is 5.97 Å². The summed E-state index contributed by atoms with van der Waals surface area (Å²) >= 11 is 3.49. The van der Waals surface area contributed by atoms with Gasteiger partial charge in [0.15, 0.2) is 0 Å². The number of benzene rings is 1. The molecule has 0 bridgehead atoms. The number of carbonyl (C=O) groups is 1. The van der Waals surface area contributed by atoms with E-state index in [0.29, 0.717) is 5.92 Å². The topological polar surface area (TPSA) is 40.5 Å². The number of hydrogen-bond acceptors (Lipinski definition) is 2. The molecule has 0 amide bonds. The zero-order valence-corrected chi connectivity index (χ0v) is 12.8. The molecule has 19 heavy (non-hydrogen) atoms. The fourth-order valence-electron chi connectivity index (χ4n) is 2.78. The van der Waals surface area contributed by atoms with Crippen LogP contribution in [0.3, 0.4) is 0 Å². The van der Waals surface area contributed by atoms with Crippen LogP contribution in [0.15, 0.2) is 28.7 Å². The highest BCUT2D eigenvalue weighted by molar-refractivity contribution is 9.10. The highest BCUT2D eigenvalue weighted by Crippen LogP contribution is 2.30. The van der Waals surface area contributed by atoms with Crippen molar-refractivity contribution in [2.75, 3.05) is 18.0 Å². The number of rotatable bonds is 5. The van der Waals surface area contributed by atoms with Crippen molar-refractivity contribution >= 4 is 27.6 Å². The van der Waals surface area contributed by atoms with Crippen LogP contribution in [-0.4, -0.2) is 24.2 Å². The summed E-state index contributed by atoms with van der Waals surface area (Å²) in [5, 5.41) is 9.13.